The van der Waals surface area contributed by atoms with Gasteiger partial charge in [0.2, 0.25) is 5.60 Å². The van der Waals surface area contributed by atoms with Gasteiger partial charge in [-0.15, -0.1) is 0 Å². The van der Waals surface area contributed by atoms with Crippen LogP contribution in [0.4, 0.5) is 4.79 Å². The van der Waals surface area contributed by atoms with Crippen LogP contribution in [0.5, 0.6) is 0 Å². The van der Waals surface area contributed by atoms with Gasteiger partial charge in [0.1, 0.15) is 36.9 Å². The molecule has 1 unspecified atom stereocenters. The normalized spacial score (nSPS) is 27.9. The fourth-order valence-electron chi connectivity index (χ4n) is 3.98. The monoisotopic (exact) mass is 531 g/mol. The third-order valence-electron chi connectivity index (χ3n) is 5.88. The average molecular weight is 532 g/mol. The van der Waals surface area contributed by atoms with Gasteiger partial charge in [-0.1, -0.05) is 39.8 Å². The van der Waals surface area contributed by atoms with E-state index in [2.05, 4.69) is 16.2 Å². The van der Waals surface area contributed by atoms with Gasteiger partial charge in [-0.2, -0.15) is 10.4 Å². The highest BCUT2D eigenvalue weighted by atomic mass is 16.7. The number of nitriles is 1. The van der Waals surface area contributed by atoms with E-state index in [1.165, 1.54) is 11.3 Å². The summed E-state index contributed by atoms with van der Waals surface area (Å²) in [6.45, 7) is 9.35. The third kappa shape index (κ3) is 5.80. The van der Waals surface area contributed by atoms with Crippen molar-refractivity contribution in [2.45, 2.75) is 77.6 Å². The van der Waals surface area contributed by atoms with E-state index in [-0.39, 0.29) is 5.84 Å². The molecule has 0 radical (unpaired) electrons. The zero-order valence-electron chi connectivity index (χ0n) is 22.2. The van der Waals surface area contributed by atoms with Gasteiger partial charge in [-0.05, 0) is 19.9 Å². The average Bonchev–Trinajstić information content (AvgIpc) is 3.15. The lowest BCUT2D eigenvalue weighted by Crippen LogP contribution is -2.59. The molecule has 0 aliphatic carbocycles. The second kappa shape index (κ2) is 11.6. The Kier molecular flexibility index (Phi) is 8.78. The Hall–Kier alpha value is -3.92. The molecule has 1 saturated heterocycles. The van der Waals surface area contributed by atoms with Crippen LogP contribution in [0.25, 0.3) is 0 Å². The minimum absolute atomic E-state index is 0.148. The minimum atomic E-state index is -1.96. The number of hydrogen-bond acceptors (Lipinski definition) is 13. The van der Waals surface area contributed by atoms with Crippen molar-refractivity contribution < 1.29 is 38.1 Å². The van der Waals surface area contributed by atoms with Gasteiger partial charge in [0.25, 0.3) is 0 Å². The van der Waals surface area contributed by atoms with E-state index in [0.29, 0.717) is 5.70 Å². The molecular weight excluding hydrogens is 498 g/mol. The Bertz CT molecular complexity index is 1110. The predicted molar refractivity (Wildman–Crippen MR) is 133 cm³/mol. The molecule has 38 heavy (non-hydrogen) atoms. The van der Waals surface area contributed by atoms with Crippen LogP contribution in [-0.2, 0) is 33.3 Å². The number of aliphatic imine (C=N–C) groups is 1. The van der Waals surface area contributed by atoms with Crippen molar-refractivity contribution in [3.8, 4) is 6.07 Å². The number of hydrazone groups is 1. The van der Waals surface area contributed by atoms with Crippen LogP contribution in [0.1, 0.15) is 41.5 Å². The number of amidine groups is 1. The molecule has 13 nitrogen and oxygen atoms in total. The fourth-order valence-corrected chi connectivity index (χ4v) is 3.98. The highest BCUT2D eigenvalue weighted by molar-refractivity contribution is 6.02. The maximum atomic E-state index is 12.8. The summed E-state index contributed by atoms with van der Waals surface area (Å²) < 4.78 is 28.0. The van der Waals surface area contributed by atoms with Gasteiger partial charge >= 0.3 is 18.1 Å². The van der Waals surface area contributed by atoms with E-state index in [1.807, 2.05) is 0 Å². The van der Waals surface area contributed by atoms with Crippen LogP contribution in [0.15, 0.2) is 34.0 Å². The van der Waals surface area contributed by atoms with Crippen molar-refractivity contribution >= 4 is 30.3 Å². The van der Waals surface area contributed by atoms with E-state index in [0.717, 1.165) is 0 Å². The lowest BCUT2D eigenvalue weighted by Gasteiger charge is -2.41. The molecule has 5 atom stereocenters. The smallest absolute Gasteiger partial charge is 0.455 e. The summed E-state index contributed by atoms with van der Waals surface area (Å²) in [4.78, 5) is 41.7. The standard InChI is InChI=1S/C25H33N5O8/c1-13(2)22(31)36-19-17(10-34-24(33)35-15(5)6)38-25(11-26,20(19)37-23(32)14(3)4)18-9-7-8-16-21(27)28-12-29-30(16)18/h7-9,12-15,17-20H,10H2,1-6H3,(H2,27,28,29)/t17-,18?,19-,20-,25+/m1/s1. The third-order valence-corrected chi connectivity index (χ3v) is 5.88. The molecule has 2 N–H and O–H groups in total. The number of fused-ring (bicyclic) bond motifs is 1. The van der Waals surface area contributed by atoms with Crippen molar-refractivity contribution in [3.05, 3.63) is 23.9 Å². The van der Waals surface area contributed by atoms with E-state index < -0.39 is 72.6 Å². The highest BCUT2D eigenvalue weighted by Crippen LogP contribution is 2.43. The Morgan fingerprint density at radius 1 is 1.16 bits per heavy atom. The number of carbonyl (C=O) groups is 3. The summed E-state index contributed by atoms with van der Waals surface area (Å²) in [5.74, 6) is -2.25. The molecule has 0 spiro atoms. The predicted octanol–water partition coefficient (Wildman–Crippen LogP) is 1.78. The maximum absolute atomic E-state index is 12.8. The van der Waals surface area contributed by atoms with Crippen LogP contribution in [0, 0.1) is 23.2 Å². The number of esters is 2. The van der Waals surface area contributed by atoms with E-state index in [4.69, 9.17) is 29.4 Å². The number of hydrogen-bond donors (Lipinski definition) is 1. The SMILES string of the molecule is CC(C)OC(=O)OC[C@H]1O[C@@](C#N)(C2C=CC=C3C(N)=NC=NN32)[C@H](OC(=O)C(C)C)[C@@H]1OC(=O)C(C)C. The molecule has 13 heteroatoms. The maximum Gasteiger partial charge on any atom is 0.508 e. The van der Waals surface area contributed by atoms with Crippen molar-refractivity contribution in [3.63, 3.8) is 0 Å². The molecule has 3 aliphatic heterocycles. The molecule has 0 amide bonds. The van der Waals surface area contributed by atoms with Crippen LogP contribution in [-0.4, -0.2) is 77.9 Å². The molecular formula is C25H33N5O8. The summed E-state index contributed by atoms with van der Waals surface area (Å²) >= 11 is 0. The Morgan fingerprint density at radius 3 is 2.42 bits per heavy atom. The molecule has 0 bridgehead atoms. The molecule has 1 fully saturated rings. The van der Waals surface area contributed by atoms with Gasteiger partial charge in [0, 0.05) is 0 Å². The second-order valence-electron chi connectivity index (χ2n) is 9.83. The molecule has 206 valence electrons. The molecule has 3 aliphatic rings. The summed E-state index contributed by atoms with van der Waals surface area (Å²) in [7, 11) is 0. The lowest BCUT2D eigenvalue weighted by atomic mass is 9.85. The van der Waals surface area contributed by atoms with Crippen molar-refractivity contribution in [1.82, 2.24) is 5.01 Å². The van der Waals surface area contributed by atoms with Crippen molar-refractivity contribution in [2.75, 3.05) is 6.61 Å². The van der Waals surface area contributed by atoms with Gasteiger partial charge < -0.3 is 29.4 Å². The molecule has 3 rings (SSSR count). The molecule has 0 saturated carbocycles. The molecule has 0 aromatic heterocycles. The molecule has 0 aromatic carbocycles. The molecule has 3 heterocycles. The fraction of sp³-hybridized carbons (Fsp3) is 0.600. The zero-order chi connectivity index (χ0) is 28.2. The topological polar surface area (TPSA) is 175 Å². The lowest BCUT2D eigenvalue weighted by molar-refractivity contribution is -0.174. The van der Waals surface area contributed by atoms with Gasteiger partial charge in [-0.3, -0.25) is 9.59 Å². The number of carbonyl (C=O) groups excluding carboxylic acids is 3. The van der Waals surface area contributed by atoms with E-state index in [1.54, 1.807) is 59.8 Å². The number of allylic oxidation sites excluding steroid dienone is 2. The van der Waals surface area contributed by atoms with Gasteiger partial charge in [0.05, 0.1) is 17.9 Å². The number of nitrogens with two attached hydrogens (primary N) is 1. The van der Waals surface area contributed by atoms with Gasteiger partial charge in [0.15, 0.2) is 18.0 Å². The van der Waals surface area contributed by atoms with Gasteiger partial charge in [-0.25, -0.2) is 14.8 Å². The quantitative estimate of drug-likeness (QED) is 0.357. The van der Waals surface area contributed by atoms with E-state index >= 15 is 0 Å². The van der Waals surface area contributed by atoms with Crippen molar-refractivity contribution in [1.29, 1.82) is 5.26 Å². The van der Waals surface area contributed by atoms with Crippen LogP contribution >= 0.6 is 0 Å². The number of nitrogens with zero attached hydrogens (tertiary/aromatic N) is 4. The summed E-state index contributed by atoms with van der Waals surface area (Å²) in [5.41, 5.74) is 4.46. The minimum Gasteiger partial charge on any atom is -0.455 e. The van der Waals surface area contributed by atoms with Crippen molar-refractivity contribution in [2.24, 2.45) is 27.7 Å². The van der Waals surface area contributed by atoms with Crippen LogP contribution < -0.4 is 5.73 Å². The first-order valence-corrected chi connectivity index (χ1v) is 12.3. The summed E-state index contributed by atoms with van der Waals surface area (Å²) in [5, 5.41) is 16.3. The molecule has 0 aromatic rings. The first-order chi connectivity index (χ1) is 17.9. The summed E-state index contributed by atoms with van der Waals surface area (Å²) in [6, 6.07) is 1.14. The zero-order valence-corrected chi connectivity index (χ0v) is 22.2. The Morgan fingerprint density at radius 2 is 1.82 bits per heavy atom. The Labute approximate surface area is 220 Å². The number of ether oxygens (including phenoxy) is 5. The summed E-state index contributed by atoms with van der Waals surface area (Å²) in [6.07, 6.45) is 0.789. The van der Waals surface area contributed by atoms with E-state index in [9.17, 15) is 19.6 Å². The largest absolute Gasteiger partial charge is 0.508 e. The first-order valence-electron chi connectivity index (χ1n) is 12.3. The van der Waals surface area contributed by atoms with Crippen LogP contribution in [0.3, 0.4) is 0 Å². The second-order valence-corrected chi connectivity index (χ2v) is 9.83. The Balaban J connectivity index is 2.07. The van der Waals surface area contributed by atoms with Crippen LogP contribution in [0.2, 0.25) is 0 Å². The first kappa shape index (κ1) is 28.6. The number of rotatable bonds is 8. The highest BCUT2D eigenvalue weighted by Gasteiger charge is 2.65.